The Hall–Kier alpha value is 0.146. The summed E-state index contributed by atoms with van der Waals surface area (Å²) in [7, 11) is -8.88. The standard InChI is InChI=1S/C27H46N2O6S2.K/c1-3-4-5-6-7-8-9-10-11-12-13-14-15-16-17-26-28-25-21-24(37(33,34)35)20-23(27(25)29-26)19-18-22(2)36(30,31)32;/h20-22H,3-19H2,1-2H3,(H,28,29)(H,30,31,32)(H,33,34,35);/q;+1/p-1. The number of aromatic amines is 1. The second kappa shape index (κ2) is 18.6. The Kier molecular flexibility index (Phi) is 17.7. The van der Waals surface area contributed by atoms with Gasteiger partial charge >= 0.3 is 51.4 Å². The molecule has 0 fully saturated rings. The molecular weight excluding hydrogens is 552 g/mol. The minimum atomic E-state index is -4.68. The molecular formula is C27H45KN2O6S2. The smallest absolute Gasteiger partial charge is 0.744 e. The molecule has 0 amide bonds. The number of hydrogen-bond donors (Lipinski definition) is 2. The third-order valence-corrected chi connectivity index (χ3v) is 9.14. The number of rotatable bonds is 20. The van der Waals surface area contributed by atoms with Gasteiger partial charge in [0.25, 0.3) is 10.1 Å². The van der Waals surface area contributed by atoms with Crippen LogP contribution in [0.25, 0.3) is 11.0 Å². The zero-order valence-electron chi connectivity index (χ0n) is 23.5. The zero-order valence-corrected chi connectivity index (χ0v) is 28.3. The normalized spacial score (nSPS) is 13.1. The second-order valence-electron chi connectivity index (χ2n) is 10.3. The molecule has 2 aromatic rings. The molecule has 0 aliphatic carbocycles. The molecule has 212 valence electrons. The summed E-state index contributed by atoms with van der Waals surface area (Å²) >= 11 is 0. The number of unbranched alkanes of at least 4 members (excludes halogenated alkanes) is 13. The van der Waals surface area contributed by atoms with E-state index in [2.05, 4.69) is 16.9 Å². The summed E-state index contributed by atoms with van der Waals surface area (Å²) < 4.78 is 66.8. The van der Waals surface area contributed by atoms with Gasteiger partial charge < -0.3 is 9.54 Å². The van der Waals surface area contributed by atoms with Crippen molar-refractivity contribution in [3.8, 4) is 0 Å². The molecule has 1 aromatic heterocycles. The van der Waals surface area contributed by atoms with Gasteiger partial charge in [0.2, 0.25) is 0 Å². The molecule has 38 heavy (non-hydrogen) atoms. The summed E-state index contributed by atoms with van der Waals surface area (Å²) in [6.07, 6.45) is 18.9. The summed E-state index contributed by atoms with van der Waals surface area (Å²) in [5.74, 6) is 0.721. The minimum Gasteiger partial charge on any atom is -0.744 e. The van der Waals surface area contributed by atoms with Crippen molar-refractivity contribution in [1.82, 2.24) is 9.97 Å². The van der Waals surface area contributed by atoms with Crippen LogP contribution in [0.3, 0.4) is 0 Å². The Labute approximate surface area is 272 Å². The van der Waals surface area contributed by atoms with Gasteiger partial charge in [-0.3, -0.25) is 4.55 Å². The number of H-pyrrole nitrogens is 1. The van der Waals surface area contributed by atoms with E-state index in [1.54, 1.807) is 0 Å². The van der Waals surface area contributed by atoms with E-state index in [4.69, 9.17) is 0 Å². The molecule has 11 heteroatoms. The molecule has 0 aliphatic heterocycles. The number of nitrogens with zero attached hydrogens (tertiary/aromatic N) is 1. The van der Waals surface area contributed by atoms with Gasteiger partial charge in [-0.15, -0.1) is 0 Å². The van der Waals surface area contributed by atoms with Gasteiger partial charge in [0.05, 0.1) is 21.2 Å². The third-order valence-electron chi connectivity index (χ3n) is 7.07. The second-order valence-corrected chi connectivity index (χ2v) is 13.5. The maximum absolute atomic E-state index is 11.6. The Morgan fingerprint density at radius 2 is 1.34 bits per heavy atom. The van der Waals surface area contributed by atoms with Crippen LogP contribution in [0.2, 0.25) is 0 Å². The van der Waals surface area contributed by atoms with Crippen molar-refractivity contribution in [2.75, 3.05) is 0 Å². The van der Waals surface area contributed by atoms with Crippen LogP contribution in [0.1, 0.15) is 122 Å². The van der Waals surface area contributed by atoms with Gasteiger partial charge in [0.15, 0.2) is 0 Å². The molecule has 0 spiro atoms. The van der Waals surface area contributed by atoms with Crippen LogP contribution in [-0.4, -0.2) is 41.2 Å². The molecule has 0 saturated heterocycles. The summed E-state index contributed by atoms with van der Waals surface area (Å²) in [4.78, 5) is 7.37. The van der Waals surface area contributed by atoms with Crippen LogP contribution in [-0.2, 0) is 33.1 Å². The number of nitrogens with one attached hydrogen (secondary N) is 1. The number of aryl methyl sites for hydroxylation is 2. The van der Waals surface area contributed by atoms with Crippen molar-refractivity contribution in [3.05, 3.63) is 23.5 Å². The van der Waals surface area contributed by atoms with E-state index >= 15 is 0 Å². The van der Waals surface area contributed by atoms with E-state index in [9.17, 15) is 25.9 Å². The van der Waals surface area contributed by atoms with Crippen molar-refractivity contribution in [3.63, 3.8) is 0 Å². The molecule has 1 unspecified atom stereocenters. The first-order valence-corrected chi connectivity index (χ1v) is 16.9. The summed E-state index contributed by atoms with van der Waals surface area (Å²) in [6, 6.07) is 2.55. The number of aromatic nitrogens is 2. The predicted octanol–water partition coefficient (Wildman–Crippen LogP) is 3.70. The Bertz CT molecular complexity index is 1170. The first-order valence-electron chi connectivity index (χ1n) is 14.0. The van der Waals surface area contributed by atoms with Crippen LogP contribution < -0.4 is 51.4 Å². The maximum atomic E-state index is 11.6. The third kappa shape index (κ3) is 13.7. The van der Waals surface area contributed by atoms with Crippen LogP contribution in [0.15, 0.2) is 17.0 Å². The van der Waals surface area contributed by atoms with E-state index in [0.29, 0.717) is 23.0 Å². The van der Waals surface area contributed by atoms with Gasteiger partial charge in [0, 0.05) is 6.42 Å². The quantitative estimate of drug-likeness (QED) is 0.135. The molecule has 0 aliphatic rings. The number of fused-ring (bicyclic) bond motifs is 1. The van der Waals surface area contributed by atoms with Crippen molar-refractivity contribution < 1.29 is 77.3 Å². The first-order chi connectivity index (χ1) is 17.5. The molecule has 0 bridgehead atoms. The topological polar surface area (TPSA) is 140 Å². The Balaban J connectivity index is 0.00000722. The molecule has 0 radical (unpaired) electrons. The van der Waals surface area contributed by atoms with Gasteiger partial charge in [-0.05, 0) is 43.9 Å². The SMILES string of the molecule is CCCCCCCCCCCCCCCCc1nc2c(CCC(C)S(=O)(=O)O)cc(S(=O)(=O)[O-])cc2[nH]1.[K+]. The van der Waals surface area contributed by atoms with E-state index in [1.807, 2.05) is 0 Å². The predicted molar refractivity (Wildman–Crippen MR) is 147 cm³/mol. The van der Waals surface area contributed by atoms with Gasteiger partial charge in [0.1, 0.15) is 15.9 Å². The molecule has 1 atom stereocenters. The summed E-state index contributed by atoms with van der Waals surface area (Å²) in [6.45, 7) is 3.63. The number of imidazole rings is 1. The average Bonchev–Trinajstić information content (AvgIpc) is 3.24. The van der Waals surface area contributed by atoms with Crippen molar-refractivity contribution >= 4 is 31.3 Å². The average molecular weight is 597 g/mol. The van der Waals surface area contributed by atoms with Gasteiger partial charge in [-0.1, -0.05) is 90.4 Å². The van der Waals surface area contributed by atoms with Crippen LogP contribution in [0, 0.1) is 0 Å². The van der Waals surface area contributed by atoms with Crippen molar-refractivity contribution in [1.29, 1.82) is 0 Å². The molecule has 0 saturated carbocycles. The monoisotopic (exact) mass is 596 g/mol. The molecule has 2 N–H and O–H groups in total. The van der Waals surface area contributed by atoms with Crippen molar-refractivity contribution in [2.45, 2.75) is 133 Å². The maximum Gasteiger partial charge on any atom is 1.00 e. The molecule has 1 heterocycles. The molecule has 8 nitrogen and oxygen atoms in total. The summed E-state index contributed by atoms with van der Waals surface area (Å²) in [5, 5.41) is -1.01. The van der Waals surface area contributed by atoms with E-state index in [0.717, 1.165) is 18.7 Å². The minimum absolute atomic E-state index is 0. The van der Waals surface area contributed by atoms with Gasteiger partial charge in [-0.25, -0.2) is 13.4 Å². The van der Waals surface area contributed by atoms with Gasteiger partial charge in [-0.2, -0.15) is 8.42 Å². The van der Waals surface area contributed by atoms with E-state index in [1.165, 1.54) is 96.1 Å². The van der Waals surface area contributed by atoms with E-state index in [-0.39, 0.29) is 69.1 Å². The summed E-state index contributed by atoms with van der Waals surface area (Å²) in [5.41, 5.74) is 1.47. The largest absolute Gasteiger partial charge is 1.00 e. The fourth-order valence-corrected chi connectivity index (χ4v) is 5.62. The Morgan fingerprint density at radius 1 is 0.842 bits per heavy atom. The molecule has 1 aromatic carbocycles. The van der Waals surface area contributed by atoms with Crippen LogP contribution >= 0.6 is 0 Å². The number of hydrogen-bond acceptors (Lipinski definition) is 6. The van der Waals surface area contributed by atoms with Crippen LogP contribution in [0.5, 0.6) is 0 Å². The van der Waals surface area contributed by atoms with E-state index < -0.39 is 25.5 Å². The Morgan fingerprint density at radius 3 is 1.82 bits per heavy atom. The zero-order chi connectivity index (χ0) is 27.3. The molecule has 2 rings (SSSR count). The first kappa shape index (κ1) is 36.2. The van der Waals surface area contributed by atoms with Crippen LogP contribution in [0.4, 0.5) is 0 Å². The van der Waals surface area contributed by atoms with Crippen molar-refractivity contribution in [2.24, 2.45) is 0 Å². The number of benzene rings is 1. The fourth-order valence-electron chi connectivity index (χ4n) is 4.66. The fraction of sp³-hybridized carbons (Fsp3) is 0.741.